The van der Waals surface area contributed by atoms with E-state index in [1.165, 1.54) is 19.3 Å². The second-order valence-electron chi connectivity index (χ2n) is 4.90. The van der Waals surface area contributed by atoms with E-state index in [-0.39, 0.29) is 6.10 Å². The molecule has 1 saturated carbocycles. The van der Waals surface area contributed by atoms with Crippen LogP contribution in [0.1, 0.15) is 46.5 Å². The van der Waals surface area contributed by atoms with Gasteiger partial charge in [0.25, 0.3) is 0 Å². The molecular formula is C11H23NO. The van der Waals surface area contributed by atoms with E-state index in [1.807, 2.05) is 6.92 Å². The summed E-state index contributed by atoms with van der Waals surface area (Å²) in [5, 5.41) is 12.9. The van der Waals surface area contributed by atoms with E-state index in [1.54, 1.807) is 0 Å². The molecule has 2 atom stereocenters. The Morgan fingerprint density at radius 3 is 2.69 bits per heavy atom. The number of hydrogen-bond donors (Lipinski definition) is 2. The van der Waals surface area contributed by atoms with Gasteiger partial charge in [-0.25, -0.2) is 0 Å². The second-order valence-corrected chi connectivity index (χ2v) is 4.90. The molecule has 0 radical (unpaired) electrons. The quantitative estimate of drug-likeness (QED) is 0.701. The molecule has 2 N–H and O–H groups in total. The molecule has 1 rings (SSSR count). The van der Waals surface area contributed by atoms with Crippen molar-refractivity contribution in [1.82, 2.24) is 5.32 Å². The average Bonchev–Trinajstić information content (AvgIpc) is 2.41. The van der Waals surface area contributed by atoms with Crippen LogP contribution in [0, 0.1) is 5.41 Å². The summed E-state index contributed by atoms with van der Waals surface area (Å²) in [6.45, 7) is 7.41. The smallest absolute Gasteiger partial charge is 0.0662 e. The lowest BCUT2D eigenvalue weighted by Gasteiger charge is -2.28. The van der Waals surface area contributed by atoms with Gasteiger partial charge in [0.2, 0.25) is 0 Å². The van der Waals surface area contributed by atoms with Gasteiger partial charge in [-0.15, -0.1) is 0 Å². The molecule has 2 heteroatoms. The Balaban J connectivity index is 2.28. The van der Waals surface area contributed by atoms with Crippen molar-refractivity contribution < 1.29 is 5.11 Å². The van der Waals surface area contributed by atoms with Crippen molar-refractivity contribution in [3.05, 3.63) is 0 Å². The molecule has 0 amide bonds. The van der Waals surface area contributed by atoms with E-state index in [0.717, 1.165) is 13.0 Å². The highest BCUT2D eigenvalue weighted by atomic mass is 16.3. The van der Waals surface area contributed by atoms with Crippen LogP contribution in [-0.2, 0) is 0 Å². The normalized spacial score (nSPS) is 29.1. The van der Waals surface area contributed by atoms with Crippen LogP contribution >= 0.6 is 0 Å². The van der Waals surface area contributed by atoms with Crippen molar-refractivity contribution in [2.75, 3.05) is 6.54 Å². The Morgan fingerprint density at radius 1 is 1.54 bits per heavy atom. The first-order valence-electron chi connectivity index (χ1n) is 5.47. The molecule has 0 aromatic carbocycles. The van der Waals surface area contributed by atoms with Crippen molar-refractivity contribution in [3.8, 4) is 0 Å². The number of aliphatic hydroxyl groups is 1. The fourth-order valence-corrected chi connectivity index (χ4v) is 2.13. The lowest BCUT2D eigenvalue weighted by molar-refractivity contribution is 0.152. The van der Waals surface area contributed by atoms with Gasteiger partial charge in [0.1, 0.15) is 0 Å². The third-order valence-corrected chi connectivity index (χ3v) is 3.33. The zero-order chi connectivity index (χ0) is 9.90. The van der Waals surface area contributed by atoms with Gasteiger partial charge in [0.05, 0.1) is 6.10 Å². The van der Waals surface area contributed by atoms with Crippen molar-refractivity contribution in [1.29, 1.82) is 0 Å². The molecule has 2 nitrogen and oxygen atoms in total. The van der Waals surface area contributed by atoms with Gasteiger partial charge in [-0.2, -0.15) is 0 Å². The number of nitrogens with one attached hydrogen (secondary N) is 1. The van der Waals surface area contributed by atoms with E-state index in [4.69, 9.17) is 0 Å². The molecule has 2 unspecified atom stereocenters. The van der Waals surface area contributed by atoms with Crippen LogP contribution in [-0.4, -0.2) is 23.8 Å². The Morgan fingerprint density at radius 2 is 2.23 bits per heavy atom. The first-order chi connectivity index (χ1) is 6.06. The van der Waals surface area contributed by atoms with E-state index < -0.39 is 0 Å². The van der Waals surface area contributed by atoms with Crippen LogP contribution in [0.15, 0.2) is 0 Å². The van der Waals surface area contributed by atoms with Crippen LogP contribution in [0.4, 0.5) is 0 Å². The largest absolute Gasteiger partial charge is 0.392 e. The van der Waals surface area contributed by atoms with Gasteiger partial charge in [-0.3, -0.25) is 0 Å². The highest BCUT2D eigenvalue weighted by Gasteiger charge is 2.33. The minimum Gasteiger partial charge on any atom is -0.392 e. The Kier molecular flexibility index (Phi) is 3.74. The average molecular weight is 185 g/mol. The van der Waals surface area contributed by atoms with Crippen LogP contribution < -0.4 is 5.32 Å². The maximum atomic E-state index is 9.43. The predicted molar refractivity (Wildman–Crippen MR) is 55.7 cm³/mol. The molecule has 78 valence electrons. The fraction of sp³-hybridized carbons (Fsp3) is 1.00. The first-order valence-corrected chi connectivity index (χ1v) is 5.47. The maximum absolute atomic E-state index is 9.43. The summed E-state index contributed by atoms with van der Waals surface area (Å²) in [5.41, 5.74) is 0.424. The Hall–Kier alpha value is -0.0800. The molecule has 0 bridgehead atoms. The summed E-state index contributed by atoms with van der Waals surface area (Å²) < 4.78 is 0. The number of rotatable bonds is 4. The summed E-state index contributed by atoms with van der Waals surface area (Å²) in [4.78, 5) is 0. The third kappa shape index (κ3) is 2.96. The molecule has 1 fully saturated rings. The molecule has 0 heterocycles. The molecular weight excluding hydrogens is 162 g/mol. The van der Waals surface area contributed by atoms with E-state index >= 15 is 0 Å². The molecule has 0 spiro atoms. The molecule has 1 aliphatic rings. The van der Waals surface area contributed by atoms with Crippen molar-refractivity contribution in [2.45, 2.75) is 58.6 Å². The van der Waals surface area contributed by atoms with Gasteiger partial charge < -0.3 is 10.4 Å². The van der Waals surface area contributed by atoms with Crippen molar-refractivity contribution in [2.24, 2.45) is 5.41 Å². The minimum atomic E-state index is -0.170. The van der Waals surface area contributed by atoms with E-state index in [2.05, 4.69) is 19.2 Å². The molecule has 0 saturated heterocycles. The van der Waals surface area contributed by atoms with Crippen LogP contribution in [0.3, 0.4) is 0 Å². The van der Waals surface area contributed by atoms with Gasteiger partial charge in [0.15, 0.2) is 0 Å². The number of aliphatic hydroxyl groups excluding tert-OH is 1. The van der Waals surface area contributed by atoms with Crippen LogP contribution in [0.5, 0.6) is 0 Å². The molecule has 0 aromatic rings. The molecule has 1 aliphatic carbocycles. The van der Waals surface area contributed by atoms with E-state index in [0.29, 0.717) is 11.5 Å². The molecule has 0 aromatic heterocycles. The monoisotopic (exact) mass is 185 g/mol. The van der Waals surface area contributed by atoms with Crippen molar-refractivity contribution in [3.63, 3.8) is 0 Å². The maximum Gasteiger partial charge on any atom is 0.0662 e. The van der Waals surface area contributed by atoms with Crippen LogP contribution in [0.2, 0.25) is 0 Å². The van der Waals surface area contributed by atoms with E-state index in [9.17, 15) is 5.11 Å². The fourth-order valence-electron chi connectivity index (χ4n) is 2.13. The number of hydrogen-bond acceptors (Lipinski definition) is 2. The van der Waals surface area contributed by atoms with Gasteiger partial charge in [0, 0.05) is 12.6 Å². The topological polar surface area (TPSA) is 32.3 Å². The zero-order valence-corrected chi connectivity index (χ0v) is 9.14. The SMILES string of the molecule is CCC(O)CNC1CCCC1(C)C. The van der Waals surface area contributed by atoms with Gasteiger partial charge in [-0.1, -0.05) is 27.2 Å². The van der Waals surface area contributed by atoms with Gasteiger partial charge in [-0.05, 0) is 24.7 Å². The van der Waals surface area contributed by atoms with Crippen LogP contribution in [0.25, 0.3) is 0 Å². The second kappa shape index (κ2) is 4.43. The van der Waals surface area contributed by atoms with Crippen molar-refractivity contribution >= 4 is 0 Å². The zero-order valence-electron chi connectivity index (χ0n) is 9.14. The highest BCUT2D eigenvalue weighted by Crippen LogP contribution is 2.36. The highest BCUT2D eigenvalue weighted by molar-refractivity contribution is 4.90. The summed E-state index contributed by atoms with van der Waals surface area (Å²) in [6.07, 6.45) is 4.58. The Labute approximate surface area is 81.7 Å². The summed E-state index contributed by atoms with van der Waals surface area (Å²) in [7, 11) is 0. The summed E-state index contributed by atoms with van der Waals surface area (Å²) in [5.74, 6) is 0. The lowest BCUT2D eigenvalue weighted by atomic mass is 9.87. The summed E-state index contributed by atoms with van der Waals surface area (Å²) >= 11 is 0. The standard InChI is InChI=1S/C11H23NO/c1-4-9(13)8-12-10-6-5-7-11(10,2)3/h9-10,12-13H,4-8H2,1-3H3. The molecule has 13 heavy (non-hydrogen) atoms. The first kappa shape index (κ1) is 11.0. The molecule has 0 aliphatic heterocycles. The van der Waals surface area contributed by atoms with Gasteiger partial charge >= 0.3 is 0 Å². The minimum absolute atomic E-state index is 0.170. The Bertz CT molecular complexity index is 156. The predicted octanol–water partition coefficient (Wildman–Crippen LogP) is 1.93. The third-order valence-electron chi connectivity index (χ3n) is 3.33. The lowest BCUT2D eigenvalue weighted by Crippen LogP contribution is -2.41. The summed E-state index contributed by atoms with van der Waals surface area (Å²) in [6, 6.07) is 0.605.